The molecule has 0 aliphatic carbocycles. The van der Waals surface area contributed by atoms with Gasteiger partial charge in [0.25, 0.3) is 0 Å². The Morgan fingerprint density at radius 1 is 0.200 bits per heavy atom. The van der Waals surface area contributed by atoms with Crippen LogP contribution in [0.3, 0.4) is 0 Å². The van der Waals surface area contributed by atoms with E-state index in [4.69, 9.17) is 47.4 Å². The van der Waals surface area contributed by atoms with Crippen LogP contribution in [0.4, 0.5) is 0 Å². The molecule has 10 nitrogen and oxygen atoms in total. The molecule has 0 amide bonds. The summed E-state index contributed by atoms with van der Waals surface area (Å²) >= 11 is 0. The summed E-state index contributed by atoms with van der Waals surface area (Å²) < 4.78 is 54.8. The highest BCUT2D eigenvalue weighted by molar-refractivity contribution is 4.44. The highest BCUT2D eigenvalue weighted by Gasteiger charge is 1.96. The van der Waals surface area contributed by atoms with Crippen molar-refractivity contribution in [3.63, 3.8) is 0 Å². The fraction of sp³-hybridized carbons (Fsp3) is 1.00. The first-order valence-electron chi connectivity index (χ1n) is 15.7. The van der Waals surface area contributed by atoms with Crippen LogP contribution >= 0.6 is 0 Å². The van der Waals surface area contributed by atoms with Gasteiger partial charge in [0.05, 0.1) is 119 Å². The molecule has 0 bridgehead atoms. The summed E-state index contributed by atoms with van der Waals surface area (Å²) in [6, 6.07) is 0. The molecule has 0 heterocycles. The van der Waals surface area contributed by atoms with E-state index in [1.807, 2.05) is 0 Å². The van der Waals surface area contributed by atoms with Crippen molar-refractivity contribution in [1.82, 2.24) is 0 Å². The standard InChI is InChI=1S/C30H62O10/c1-3-5-7-8-9-10-12-32-14-16-34-18-20-36-22-24-38-26-28-40-30-29-39-27-25-37-23-21-35-19-17-33-15-13-31-11-6-4-2/h3-30H2,1-2H3. The van der Waals surface area contributed by atoms with E-state index in [0.717, 1.165) is 32.5 Å². The minimum absolute atomic E-state index is 0.534. The lowest BCUT2D eigenvalue weighted by Crippen LogP contribution is -2.15. The number of hydrogen-bond acceptors (Lipinski definition) is 10. The molecule has 0 aliphatic heterocycles. The van der Waals surface area contributed by atoms with Crippen molar-refractivity contribution < 1.29 is 47.4 Å². The van der Waals surface area contributed by atoms with Crippen LogP contribution in [0.5, 0.6) is 0 Å². The zero-order chi connectivity index (χ0) is 28.9. The summed E-state index contributed by atoms with van der Waals surface area (Å²) in [6.45, 7) is 16.2. The van der Waals surface area contributed by atoms with Gasteiger partial charge in [-0.2, -0.15) is 0 Å². The Morgan fingerprint density at radius 2 is 0.400 bits per heavy atom. The van der Waals surface area contributed by atoms with Crippen molar-refractivity contribution in [3.8, 4) is 0 Å². The van der Waals surface area contributed by atoms with Crippen LogP contribution in [0.2, 0.25) is 0 Å². The van der Waals surface area contributed by atoms with E-state index in [-0.39, 0.29) is 0 Å². The fourth-order valence-corrected chi connectivity index (χ4v) is 3.31. The lowest BCUT2D eigenvalue weighted by atomic mass is 10.1. The van der Waals surface area contributed by atoms with Gasteiger partial charge in [-0.15, -0.1) is 0 Å². The zero-order valence-corrected chi connectivity index (χ0v) is 25.9. The van der Waals surface area contributed by atoms with Gasteiger partial charge < -0.3 is 47.4 Å². The molecule has 0 aromatic rings. The third-order valence-electron chi connectivity index (χ3n) is 5.63. The van der Waals surface area contributed by atoms with Gasteiger partial charge in [0.2, 0.25) is 0 Å². The second-order valence-corrected chi connectivity index (χ2v) is 9.25. The predicted octanol–water partition coefficient (Wildman–Crippen LogP) is 4.31. The maximum absolute atomic E-state index is 5.58. The lowest BCUT2D eigenvalue weighted by molar-refractivity contribution is -0.0264. The Balaban J connectivity index is 3.01. The molecule has 0 saturated carbocycles. The summed E-state index contributed by atoms with van der Waals surface area (Å²) in [7, 11) is 0. The maximum atomic E-state index is 5.58. The van der Waals surface area contributed by atoms with E-state index < -0.39 is 0 Å². The van der Waals surface area contributed by atoms with Gasteiger partial charge in [0.15, 0.2) is 0 Å². The van der Waals surface area contributed by atoms with Crippen molar-refractivity contribution in [1.29, 1.82) is 0 Å². The number of rotatable bonds is 37. The van der Waals surface area contributed by atoms with Crippen molar-refractivity contribution in [2.24, 2.45) is 0 Å². The first-order chi connectivity index (χ1) is 19.9. The van der Waals surface area contributed by atoms with E-state index in [1.165, 1.54) is 32.1 Å². The molecule has 40 heavy (non-hydrogen) atoms. The van der Waals surface area contributed by atoms with Gasteiger partial charge in [-0.25, -0.2) is 0 Å². The van der Waals surface area contributed by atoms with Crippen LogP contribution in [-0.2, 0) is 47.4 Å². The third-order valence-corrected chi connectivity index (χ3v) is 5.63. The second-order valence-electron chi connectivity index (χ2n) is 9.25. The Bertz CT molecular complexity index is 393. The van der Waals surface area contributed by atoms with E-state index in [1.54, 1.807) is 0 Å². The van der Waals surface area contributed by atoms with E-state index >= 15 is 0 Å². The summed E-state index contributed by atoms with van der Waals surface area (Å²) in [5, 5.41) is 0. The molecule has 0 aliphatic rings. The van der Waals surface area contributed by atoms with Crippen LogP contribution in [0.25, 0.3) is 0 Å². The molecule has 0 aromatic carbocycles. The number of hydrogen-bond donors (Lipinski definition) is 0. The van der Waals surface area contributed by atoms with Gasteiger partial charge in [0.1, 0.15) is 0 Å². The van der Waals surface area contributed by atoms with Crippen LogP contribution in [0.15, 0.2) is 0 Å². The Hall–Kier alpha value is -0.400. The van der Waals surface area contributed by atoms with Crippen LogP contribution in [0, 0.1) is 0 Å². The molecule has 0 spiro atoms. The normalized spacial score (nSPS) is 11.6. The Labute approximate surface area is 244 Å². The maximum Gasteiger partial charge on any atom is 0.0701 e. The zero-order valence-electron chi connectivity index (χ0n) is 25.9. The van der Waals surface area contributed by atoms with Gasteiger partial charge in [-0.05, 0) is 12.8 Å². The van der Waals surface area contributed by atoms with Crippen molar-refractivity contribution in [3.05, 3.63) is 0 Å². The quantitative estimate of drug-likeness (QED) is 0.0987. The number of ether oxygens (including phenoxy) is 10. The van der Waals surface area contributed by atoms with Crippen molar-refractivity contribution >= 4 is 0 Å². The Morgan fingerprint density at radius 3 is 0.675 bits per heavy atom. The van der Waals surface area contributed by atoms with Gasteiger partial charge in [-0.3, -0.25) is 0 Å². The van der Waals surface area contributed by atoms with Crippen LogP contribution in [-0.4, -0.2) is 132 Å². The topological polar surface area (TPSA) is 92.3 Å². The highest BCUT2D eigenvalue weighted by atomic mass is 16.6. The first kappa shape index (κ1) is 39.6. The number of unbranched alkanes of at least 4 members (excludes halogenated alkanes) is 6. The van der Waals surface area contributed by atoms with Crippen LogP contribution < -0.4 is 0 Å². The van der Waals surface area contributed by atoms with Crippen molar-refractivity contribution in [2.45, 2.75) is 65.2 Å². The SMILES string of the molecule is CCCCCCCCOCCOCCOCCOCCOCCOCCOCCOCCOCCOCCCC. The highest BCUT2D eigenvalue weighted by Crippen LogP contribution is 2.04. The smallest absolute Gasteiger partial charge is 0.0701 e. The molecule has 0 rings (SSSR count). The average Bonchev–Trinajstić information content (AvgIpc) is 2.97. The van der Waals surface area contributed by atoms with Gasteiger partial charge in [0, 0.05) is 13.2 Å². The van der Waals surface area contributed by atoms with Crippen molar-refractivity contribution in [2.75, 3.05) is 132 Å². The molecular weight excluding hydrogens is 520 g/mol. The molecule has 0 N–H and O–H groups in total. The largest absolute Gasteiger partial charge is 0.379 e. The summed E-state index contributed by atoms with van der Waals surface area (Å²) in [5.41, 5.74) is 0. The molecule has 242 valence electrons. The van der Waals surface area contributed by atoms with Crippen LogP contribution in [0.1, 0.15) is 65.2 Å². The molecule has 0 radical (unpaired) electrons. The fourth-order valence-electron chi connectivity index (χ4n) is 3.31. The second kappa shape index (κ2) is 38.6. The molecule has 10 heteroatoms. The molecule has 0 unspecified atom stereocenters. The third kappa shape index (κ3) is 37.6. The predicted molar refractivity (Wildman–Crippen MR) is 156 cm³/mol. The summed E-state index contributed by atoms with van der Waals surface area (Å²) in [6.07, 6.45) is 9.96. The minimum atomic E-state index is 0.534. The molecule has 0 aromatic heterocycles. The molecular formula is C30H62O10. The summed E-state index contributed by atoms with van der Waals surface area (Å²) in [4.78, 5) is 0. The van der Waals surface area contributed by atoms with E-state index in [9.17, 15) is 0 Å². The summed E-state index contributed by atoms with van der Waals surface area (Å²) in [5.74, 6) is 0. The van der Waals surface area contributed by atoms with Gasteiger partial charge in [-0.1, -0.05) is 52.4 Å². The average molecular weight is 583 g/mol. The van der Waals surface area contributed by atoms with E-state index in [2.05, 4.69) is 13.8 Å². The Kier molecular flexibility index (Phi) is 38.2. The minimum Gasteiger partial charge on any atom is -0.379 e. The lowest BCUT2D eigenvalue weighted by Gasteiger charge is -2.09. The van der Waals surface area contributed by atoms with Gasteiger partial charge >= 0.3 is 0 Å². The first-order valence-corrected chi connectivity index (χ1v) is 15.7. The monoisotopic (exact) mass is 582 g/mol. The van der Waals surface area contributed by atoms with E-state index in [0.29, 0.717) is 119 Å². The molecule has 0 fully saturated rings. The molecule has 0 atom stereocenters. The molecule has 0 saturated heterocycles.